The number of nitrogens with one attached hydrogen (secondary N) is 2. The third-order valence-corrected chi connectivity index (χ3v) is 5.85. The Bertz CT molecular complexity index is 937. The number of rotatable bonds is 6. The largest absolute Gasteiger partial charge is 0.326 e. The first-order valence-corrected chi connectivity index (χ1v) is 10.2. The number of anilines is 1. The predicted molar refractivity (Wildman–Crippen MR) is 105 cm³/mol. The van der Waals surface area contributed by atoms with Crippen LogP contribution < -0.4 is 10.0 Å². The Hall–Kier alpha value is -2.38. The zero-order valence-corrected chi connectivity index (χ0v) is 16.8. The van der Waals surface area contributed by atoms with Crippen LogP contribution in [0.25, 0.3) is 0 Å². The molecule has 2 amide bonds. The van der Waals surface area contributed by atoms with Crippen molar-refractivity contribution in [2.24, 2.45) is 5.41 Å². The van der Waals surface area contributed by atoms with Gasteiger partial charge in [0.2, 0.25) is 5.91 Å². The molecule has 0 aliphatic heterocycles. The fraction of sp³-hybridized carbons (Fsp3) is 0.263. The first-order valence-electron chi connectivity index (χ1n) is 8.29. The minimum atomic E-state index is -4.04. The molecule has 0 aliphatic carbocycles. The highest BCUT2D eigenvalue weighted by Gasteiger charge is 2.25. The van der Waals surface area contributed by atoms with E-state index >= 15 is 0 Å². The van der Waals surface area contributed by atoms with E-state index in [0.717, 1.165) is 0 Å². The van der Waals surface area contributed by atoms with Crippen LogP contribution in [0.3, 0.4) is 0 Å². The van der Waals surface area contributed by atoms with Crippen molar-refractivity contribution in [1.29, 1.82) is 0 Å². The molecule has 2 aromatic carbocycles. The van der Waals surface area contributed by atoms with Gasteiger partial charge in [0.1, 0.15) is 0 Å². The maximum atomic E-state index is 12.4. The summed E-state index contributed by atoms with van der Waals surface area (Å²) in [7, 11) is -4.04. The van der Waals surface area contributed by atoms with Crippen LogP contribution in [0, 0.1) is 5.41 Å². The molecule has 0 saturated heterocycles. The Balaban J connectivity index is 2.12. The van der Waals surface area contributed by atoms with Crippen LogP contribution in [0.15, 0.2) is 53.4 Å². The van der Waals surface area contributed by atoms with Crippen LogP contribution >= 0.6 is 11.6 Å². The molecule has 0 radical (unpaired) electrons. The molecule has 0 atom stereocenters. The van der Waals surface area contributed by atoms with Gasteiger partial charge in [-0.3, -0.25) is 9.59 Å². The van der Waals surface area contributed by atoms with E-state index in [4.69, 9.17) is 11.6 Å². The maximum Gasteiger partial charge on any atom is 0.264 e. The third kappa shape index (κ3) is 5.30. The number of hydrogen-bond donors (Lipinski definition) is 2. The molecule has 0 unspecified atom stereocenters. The van der Waals surface area contributed by atoms with E-state index in [-0.39, 0.29) is 16.4 Å². The fourth-order valence-electron chi connectivity index (χ4n) is 2.02. The Morgan fingerprint density at radius 1 is 1.00 bits per heavy atom. The summed E-state index contributed by atoms with van der Waals surface area (Å²) >= 11 is 5.75. The molecule has 6 nitrogen and oxygen atoms in total. The molecule has 0 aliphatic rings. The molecule has 0 aromatic heterocycles. The molecule has 0 spiro atoms. The lowest BCUT2D eigenvalue weighted by Crippen LogP contribution is -2.31. The van der Waals surface area contributed by atoms with E-state index in [1.165, 1.54) is 48.5 Å². The van der Waals surface area contributed by atoms with E-state index in [1.807, 2.05) is 25.5 Å². The van der Waals surface area contributed by atoms with Crippen LogP contribution in [0.5, 0.6) is 0 Å². The number of carbonyl (C=O) groups is 2. The molecular weight excluding hydrogens is 388 g/mol. The van der Waals surface area contributed by atoms with Gasteiger partial charge < -0.3 is 5.32 Å². The van der Waals surface area contributed by atoms with Gasteiger partial charge in [0.05, 0.1) is 4.90 Å². The van der Waals surface area contributed by atoms with Crippen LogP contribution in [0.2, 0.25) is 5.02 Å². The van der Waals surface area contributed by atoms with Crippen LogP contribution in [-0.2, 0) is 14.8 Å². The van der Waals surface area contributed by atoms with Gasteiger partial charge in [0.25, 0.3) is 15.9 Å². The molecule has 0 saturated carbocycles. The molecule has 144 valence electrons. The number of hydrogen-bond acceptors (Lipinski definition) is 4. The normalized spacial score (nSPS) is 11.7. The van der Waals surface area contributed by atoms with Crippen molar-refractivity contribution >= 4 is 39.1 Å². The molecular formula is C19H21ClN2O4S. The summed E-state index contributed by atoms with van der Waals surface area (Å²) in [6, 6.07) is 11.5. The van der Waals surface area contributed by atoms with Crippen molar-refractivity contribution in [3.63, 3.8) is 0 Å². The highest BCUT2D eigenvalue weighted by atomic mass is 35.5. The van der Waals surface area contributed by atoms with E-state index in [0.29, 0.717) is 17.1 Å². The van der Waals surface area contributed by atoms with Crippen molar-refractivity contribution < 1.29 is 18.0 Å². The topological polar surface area (TPSA) is 92.3 Å². The van der Waals surface area contributed by atoms with Crippen LogP contribution in [-0.4, -0.2) is 20.2 Å². The van der Waals surface area contributed by atoms with Crippen LogP contribution in [0.1, 0.15) is 37.6 Å². The van der Waals surface area contributed by atoms with E-state index in [1.54, 1.807) is 0 Å². The van der Waals surface area contributed by atoms with Crippen molar-refractivity contribution in [2.75, 3.05) is 5.32 Å². The second kappa shape index (κ2) is 8.10. The van der Waals surface area contributed by atoms with E-state index in [2.05, 4.69) is 5.32 Å². The number of halogens is 1. The van der Waals surface area contributed by atoms with Crippen molar-refractivity contribution in [1.82, 2.24) is 4.72 Å². The average Bonchev–Trinajstić information content (AvgIpc) is 2.62. The molecule has 27 heavy (non-hydrogen) atoms. The number of amides is 2. The molecule has 2 N–H and O–H groups in total. The first kappa shape index (κ1) is 20.9. The molecule has 0 fully saturated rings. The summed E-state index contributed by atoms with van der Waals surface area (Å²) < 4.78 is 26.8. The van der Waals surface area contributed by atoms with Crippen molar-refractivity contribution in [2.45, 2.75) is 32.1 Å². The summed E-state index contributed by atoms with van der Waals surface area (Å²) in [6.07, 6.45) is 0.669. The van der Waals surface area contributed by atoms with Gasteiger partial charge in [-0.25, -0.2) is 13.1 Å². The molecule has 0 bridgehead atoms. The number of benzene rings is 2. The fourth-order valence-corrected chi connectivity index (χ4v) is 3.12. The van der Waals surface area contributed by atoms with Crippen molar-refractivity contribution in [3.8, 4) is 0 Å². The van der Waals surface area contributed by atoms with Gasteiger partial charge in [-0.1, -0.05) is 32.4 Å². The molecule has 2 rings (SSSR count). The zero-order valence-electron chi connectivity index (χ0n) is 15.2. The Labute approximate surface area is 164 Å². The quantitative estimate of drug-likeness (QED) is 0.759. The Morgan fingerprint density at radius 3 is 2.07 bits per heavy atom. The SMILES string of the molecule is CCC(C)(C)C(=O)Nc1ccc(S(=O)(=O)NC(=O)c2ccc(Cl)cc2)cc1. The maximum absolute atomic E-state index is 12.4. The Morgan fingerprint density at radius 2 is 1.56 bits per heavy atom. The summed E-state index contributed by atoms with van der Waals surface area (Å²) in [5, 5.41) is 3.19. The zero-order chi connectivity index (χ0) is 20.2. The lowest BCUT2D eigenvalue weighted by Gasteiger charge is -2.21. The van der Waals surface area contributed by atoms with Crippen LogP contribution in [0.4, 0.5) is 5.69 Å². The lowest BCUT2D eigenvalue weighted by molar-refractivity contribution is -0.124. The highest BCUT2D eigenvalue weighted by molar-refractivity contribution is 7.90. The van der Waals surface area contributed by atoms with Gasteiger partial charge in [-0.15, -0.1) is 0 Å². The minimum Gasteiger partial charge on any atom is -0.326 e. The van der Waals surface area contributed by atoms with Crippen molar-refractivity contribution in [3.05, 3.63) is 59.1 Å². The molecule has 2 aromatic rings. The molecule has 0 heterocycles. The second-order valence-corrected chi connectivity index (χ2v) is 8.78. The number of sulfonamides is 1. The van der Waals surface area contributed by atoms with Gasteiger partial charge >= 0.3 is 0 Å². The summed E-state index contributed by atoms with van der Waals surface area (Å²) in [5.74, 6) is -0.912. The monoisotopic (exact) mass is 408 g/mol. The average molecular weight is 409 g/mol. The van der Waals surface area contributed by atoms with Gasteiger partial charge in [0, 0.05) is 21.7 Å². The second-order valence-electron chi connectivity index (χ2n) is 6.66. The van der Waals surface area contributed by atoms with Gasteiger partial charge in [0.15, 0.2) is 0 Å². The summed E-state index contributed by atoms with van der Waals surface area (Å²) in [4.78, 5) is 24.2. The highest BCUT2D eigenvalue weighted by Crippen LogP contribution is 2.23. The predicted octanol–water partition coefficient (Wildman–Crippen LogP) is 3.83. The number of carbonyl (C=O) groups excluding carboxylic acids is 2. The van der Waals surface area contributed by atoms with Gasteiger partial charge in [-0.2, -0.15) is 0 Å². The smallest absolute Gasteiger partial charge is 0.264 e. The summed E-state index contributed by atoms with van der Waals surface area (Å²) in [6.45, 7) is 5.57. The third-order valence-electron chi connectivity index (χ3n) is 4.25. The summed E-state index contributed by atoms with van der Waals surface area (Å²) in [5.41, 5.74) is 0.121. The Kier molecular flexibility index (Phi) is 6.28. The lowest BCUT2D eigenvalue weighted by atomic mass is 9.89. The minimum absolute atomic E-state index is 0.0856. The first-order chi connectivity index (χ1) is 12.5. The van der Waals surface area contributed by atoms with E-state index < -0.39 is 21.3 Å². The van der Waals surface area contributed by atoms with E-state index in [9.17, 15) is 18.0 Å². The van der Waals surface area contributed by atoms with Gasteiger partial charge in [-0.05, 0) is 55.0 Å². The standard InChI is InChI=1S/C19H21ClN2O4S/c1-4-19(2,3)18(24)21-15-9-11-16(12-10-15)27(25,26)22-17(23)13-5-7-14(20)8-6-13/h5-12H,4H2,1-3H3,(H,21,24)(H,22,23). The molecule has 8 heteroatoms.